The van der Waals surface area contributed by atoms with E-state index < -0.39 is 13.2 Å². The molecule has 0 rings (SSSR count). The minimum Gasteiger partial charge on any atom is -0.559 e. The van der Waals surface area contributed by atoms with Crippen LogP contribution in [0.15, 0.2) is 0 Å². The number of carbonyl (C=O) groups excluding carboxylic acids is 1. The lowest BCUT2D eigenvalue weighted by Crippen LogP contribution is -2.49. The van der Waals surface area contributed by atoms with Crippen LogP contribution in [0.25, 0.3) is 0 Å². The molecule has 5 nitrogen and oxygen atoms in total. The van der Waals surface area contributed by atoms with E-state index in [1.54, 1.807) is 6.92 Å². The normalized spacial score (nSPS) is 14.1. The zero-order valence-electron chi connectivity index (χ0n) is 6.77. The van der Waals surface area contributed by atoms with Gasteiger partial charge in [-0.05, 0) is 6.44 Å². The summed E-state index contributed by atoms with van der Waals surface area (Å²) in [5.41, 5.74) is 0. The van der Waals surface area contributed by atoms with Crippen LogP contribution in [0.4, 0.5) is 0 Å². The minimum absolute atomic E-state index is 0.313. The molecule has 0 fully saturated rings. The molecule has 4 N–H and O–H groups in total. The number of hydrogen-bond donors (Lipinski definition) is 5. The summed E-state index contributed by atoms with van der Waals surface area (Å²) >= 11 is 3.88. The zero-order chi connectivity index (χ0) is 9.78. The highest BCUT2D eigenvalue weighted by atomic mass is 32.1. The summed E-state index contributed by atoms with van der Waals surface area (Å²) < 4.78 is 0. The molecule has 0 bridgehead atoms. The van der Waals surface area contributed by atoms with Crippen LogP contribution in [0.3, 0.4) is 0 Å². The highest BCUT2D eigenvalue weighted by molar-refractivity contribution is 7.80. The van der Waals surface area contributed by atoms with Crippen molar-refractivity contribution < 1.29 is 19.9 Å². The summed E-state index contributed by atoms with van der Waals surface area (Å²) in [4.78, 5) is 10.9. The average Bonchev–Trinajstić information content (AvgIpc) is 1.97. The van der Waals surface area contributed by atoms with E-state index in [0.717, 1.165) is 0 Å². The van der Waals surface area contributed by atoms with Crippen LogP contribution in [0.5, 0.6) is 0 Å². The molecule has 0 aromatic rings. The van der Waals surface area contributed by atoms with Crippen LogP contribution in [0, 0.1) is 5.92 Å². The van der Waals surface area contributed by atoms with E-state index >= 15 is 0 Å². The summed E-state index contributed by atoms with van der Waals surface area (Å²) in [5.74, 6) is -0.311. The lowest BCUT2D eigenvalue weighted by molar-refractivity contribution is -0.123. The highest BCUT2D eigenvalue weighted by Gasteiger charge is 2.18. The molecule has 1 atom stereocenters. The Bertz CT molecular complexity index is 160. The van der Waals surface area contributed by atoms with Gasteiger partial charge in [-0.1, -0.05) is 6.92 Å². The van der Waals surface area contributed by atoms with Gasteiger partial charge in [-0.2, -0.15) is 12.6 Å². The van der Waals surface area contributed by atoms with Crippen molar-refractivity contribution in [3.8, 4) is 0 Å². The third kappa shape index (κ3) is 5.42. The molecule has 0 radical (unpaired) electrons. The summed E-state index contributed by atoms with van der Waals surface area (Å²) in [6.07, 6.45) is -0.545. The Morgan fingerprint density at radius 3 is 2.42 bits per heavy atom. The first kappa shape index (κ1) is 11.8. The van der Waals surface area contributed by atoms with Gasteiger partial charge in [0.25, 0.3) is 0 Å². The fourth-order valence-electron chi connectivity index (χ4n) is 0.495. The number of rotatable bonds is 4. The van der Waals surface area contributed by atoms with Crippen molar-refractivity contribution in [3.63, 3.8) is 0 Å². The van der Waals surface area contributed by atoms with Gasteiger partial charge in [0.05, 0.1) is 0 Å². The fraction of sp³-hybridized carbons (Fsp3) is 0.800. The third-order valence-corrected chi connectivity index (χ3v) is 1.82. The Labute approximate surface area is 76.2 Å². The fourth-order valence-corrected chi connectivity index (χ4v) is 0.660. The predicted molar refractivity (Wildman–Crippen MR) is 48.4 cm³/mol. The molecule has 0 saturated carbocycles. The molecule has 12 heavy (non-hydrogen) atoms. The monoisotopic (exact) mass is 194 g/mol. The number of nitrogens with one attached hydrogen (secondary N) is 1. The summed E-state index contributed by atoms with van der Waals surface area (Å²) in [5, 5.41) is 27.5. The maximum Gasteiger partial charge on any atom is 0.390 e. The van der Waals surface area contributed by atoms with Crippen molar-refractivity contribution in [3.05, 3.63) is 0 Å². The van der Waals surface area contributed by atoms with Crippen molar-refractivity contribution >= 4 is 25.3 Å². The van der Waals surface area contributed by atoms with Crippen LogP contribution < -0.4 is 5.32 Å². The number of carbonyl (C=O) groups is 1. The molecule has 0 aromatic carbocycles. The van der Waals surface area contributed by atoms with Crippen LogP contribution in [0.2, 0.25) is 0 Å². The van der Waals surface area contributed by atoms with Gasteiger partial charge in [-0.25, -0.2) is 0 Å². The molecule has 0 saturated heterocycles. The van der Waals surface area contributed by atoms with E-state index in [2.05, 4.69) is 17.9 Å². The summed E-state index contributed by atoms with van der Waals surface area (Å²) in [7, 11) is 0. The maximum atomic E-state index is 10.9. The van der Waals surface area contributed by atoms with Crippen molar-refractivity contribution in [1.29, 1.82) is 0 Å². The van der Waals surface area contributed by atoms with Gasteiger partial charge in [0.1, 0.15) is 0 Å². The van der Waals surface area contributed by atoms with E-state index in [1.165, 1.54) is 0 Å². The second-order valence-electron chi connectivity index (χ2n) is 2.72. The van der Waals surface area contributed by atoms with Gasteiger partial charge in [-0.3, -0.25) is 4.79 Å². The van der Waals surface area contributed by atoms with Crippen molar-refractivity contribution in [2.45, 2.75) is 6.92 Å². The molecule has 0 aliphatic rings. The van der Waals surface area contributed by atoms with Crippen molar-refractivity contribution in [2.75, 3.05) is 12.2 Å². The first-order chi connectivity index (χ1) is 5.37. The van der Waals surface area contributed by atoms with E-state index in [1.807, 2.05) is 0 Å². The van der Waals surface area contributed by atoms with Gasteiger partial charge in [0, 0.05) is 11.7 Å². The van der Waals surface area contributed by atoms with Gasteiger partial charge in [-0.15, -0.1) is 0 Å². The van der Waals surface area contributed by atoms with Gasteiger partial charge in [0.15, 0.2) is 0 Å². The summed E-state index contributed by atoms with van der Waals surface area (Å²) in [6.45, 7) is -1.78. The smallest absolute Gasteiger partial charge is 0.390 e. The van der Waals surface area contributed by atoms with E-state index in [0.29, 0.717) is 5.75 Å². The predicted octanol–water partition coefficient (Wildman–Crippen LogP) is -1.88. The SMILES string of the molecule is C[C@H](CS)C(=O)NC[B-](O)(O)O. The largest absolute Gasteiger partial charge is 0.559 e. The van der Waals surface area contributed by atoms with Gasteiger partial charge >= 0.3 is 6.75 Å². The molecular formula is C5H13BNO4S-. The third-order valence-electron chi connectivity index (χ3n) is 1.27. The highest BCUT2D eigenvalue weighted by Crippen LogP contribution is 1.96. The van der Waals surface area contributed by atoms with E-state index in [4.69, 9.17) is 15.1 Å². The molecule has 0 aliphatic carbocycles. The summed E-state index contributed by atoms with van der Waals surface area (Å²) in [6, 6.07) is 0. The van der Waals surface area contributed by atoms with Crippen LogP contribution >= 0.6 is 12.6 Å². The van der Waals surface area contributed by atoms with Crippen molar-refractivity contribution in [1.82, 2.24) is 5.32 Å². The number of amides is 1. The van der Waals surface area contributed by atoms with E-state index in [-0.39, 0.29) is 11.8 Å². The Kier molecular flexibility index (Phi) is 4.62. The molecule has 72 valence electrons. The Morgan fingerprint density at radius 1 is 1.58 bits per heavy atom. The molecule has 1 amide bonds. The zero-order valence-corrected chi connectivity index (χ0v) is 7.66. The van der Waals surface area contributed by atoms with Crippen LogP contribution in [-0.2, 0) is 4.79 Å². The maximum absolute atomic E-state index is 10.9. The second-order valence-corrected chi connectivity index (χ2v) is 3.09. The minimum atomic E-state index is -3.42. The molecule has 0 unspecified atom stereocenters. The van der Waals surface area contributed by atoms with Crippen molar-refractivity contribution in [2.24, 2.45) is 5.92 Å². The molecule has 7 heteroatoms. The van der Waals surface area contributed by atoms with Crippen LogP contribution in [0.1, 0.15) is 6.92 Å². The number of hydrogen-bond acceptors (Lipinski definition) is 5. The Hall–Kier alpha value is -0.235. The average molecular weight is 194 g/mol. The lowest BCUT2D eigenvalue weighted by atomic mass is 9.81. The topological polar surface area (TPSA) is 89.8 Å². The number of thiol groups is 1. The Balaban J connectivity index is 3.72. The molecular weight excluding hydrogens is 181 g/mol. The molecule has 0 spiro atoms. The molecule has 0 aliphatic heterocycles. The van der Waals surface area contributed by atoms with Gasteiger partial charge < -0.3 is 20.4 Å². The molecule has 0 heterocycles. The van der Waals surface area contributed by atoms with E-state index in [9.17, 15) is 4.79 Å². The standard InChI is InChI=1S/C5H13BNO4S/c1-4(2-12)5(8)7-3-6(9,10)11/h4,9-12H,2-3H2,1H3,(H,7,8)/q-1/t4-/m1/s1. The lowest BCUT2D eigenvalue weighted by Gasteiger charge is -2.21. The first-order valence-electron chi connectivity index (χ1n) is 3.58. The quantitative estimate of drug-likeness (QED) is 0.268. The second kappa shape index (κ2) is 4.71. The van der Waals surface area contributed by atoms with Gasteiger partial charge in [0.2, 0.25) is 5.91 Å². The van der Waals surface area contributed by atoms with Crippen LogP contribution in [-0.4, -0.2) is 39.9 Å². The molecule has 0 aromatic heterocycles. The Morgan fingerprint density at radius 2 is 2.08 bits per heavy atom. The first-order valence-corrected chi connectivity index (χ1v) is 4.21.